The molecule has 0 bridgehead atoms. The number of carbonyl (C=O) groups is 1. The molecule has 31 heavy (non-hydrogen) atoms. The van der Waals surface area contributed by atoms with E-state index >= 15 is 0 Å². The van der Waals surface area contributed by atoms with Crippen LogP contribution in [0.15, 0.2) is 71.1 Å². The van der Waals surface area contributed by atoms with Crippen LogP contribution in [0.1, 0.15) is 28.1 Å². The predicted molar refractivity (Wildman–Crippen MR) is 127 cm³/mol. The first-order valence-electron chi connectivity index (χ1n) is 10.1. The molecule has 6 heteroatoms. The summed E-state index contributed by atoms with van der Waals surface area (Å²) in [7, 11) is 0. The SMILES string of the molecule is Cc1cc2nc(Cc3ccc(NC(=S)NC(=O)Cc4ccccc4)cc3)oc2cc1C. The molecule has 0 atom stereocenters. The van der Waals surface area contributed by atoms with Gasteiger partial charge in [0, 0.05) is 12.1 Å². The van der Waals surface area contributed by atoms with Crippen LogP contribution in [0.4, 0.5) is 5.69 Å². The van der Waals surface area contributed by atoms with E-state index in [9.17, 15) is 4.79 Å². The summed E-state index contributed by atoms with van der Waals surface area (Å²) in [6, 6.07) is 21.5. The second-order valence-corrected chi connectivity index (χ2v) is 7.96. The molecule has 0 saturated carbocycles. The van der Waals surface area contributed by atoms with Gasteiger partial charge in [0.25, 0.3) is 0 Å². The van der Waals surface area contributed by atoms with Crippen LogP contribution in [0.2, 0.25) is 0 Å². The van der Waals surface area contributed by atoms with Crippen molar-refractivity contribution in [2.45, 2.75) is 26.7 Å². The van der Waals surface area contributed by atoms with Crippen molar-refractivity contribution in [3.8, 4) is 0 Å². The maximum Gasteiger partial charge on any atom is 0.230 e. The Hall–Kier alpha value is -3.51. The summed E-state index contributed by atoms with van der Waals surface area (Å²) in [4.78, 5) is 16.7. The molecule has 0 aliphatic heterocycles. The van der Waals surface area contributed by atoms with Gasteiger partial charge in [0.15, 0.2) is 16.6 Å². The van der Waals surface area contributed by atoms with E-state index in [1.165, 1.54) is 11.1 Å². The van der Waals surface area contributed by atoms with Crippen molar-refractivity contribution >= 4 is 40.0 Å². The van der Waals surface area contributed by atoms with E-state index in [0.717, 1.165) is 27.9 Å². The summed E-state index contributed by atoms with van der Waals surface area (Å²) in [6.45, 7) is 4.14. The number of amides is 1. The van der Waals surface area contributed by atoms with E-state index in [4.69, 9.17) is 16.6 Å². The number of aryl methyl sites for hydroxylation is 2. The number of hydrogen-bond acceptors (Lipinski definition) is 4. The maximum absolute atomic E-state index is 12.1. The molecule has 0 aliphatic carbocycles. The lowest BCUT2D eigenvalue weighted by molar-refractivity contribution is -0.119. The Bertz CT molecular complexity index is 1190. The van der Waals surface area contributed by atoms with E-state index in [-0.39, 0.29) is 17.4 Å². The van der Waals surface area contributed by atoms with Gasteiger partial charge in [-0.1, -0.05) is 42.5 Å². The molecule has 2 N–H and O–H groups in total. The Labute approximate surface area is 186 Å². The van der Waals surface area contributed by atoms with Gasteiger partial charge in [0.05, 0.1) is 6.42 Å². The number of aromatic nitrogens is 1. The minimum absolute atomic E-state index is 0.151. The number of rotatable bonds is 5. The fourth-order valence-corrected chi connectivity index (χ4v) is 3.53. The summed E-state index contributed by atoms with van der Waals surface area (Å²) in [6.07, 6.45) is 0.885. The first-order chi connectivity index (χ1) is 15.0. The second-order valence-electron chi connectivity index (χ2n) is 7.55. The normalized spacial score (nSPS) is 10.8. The van der Waals surface area contributed by atoms with E-state index in [2.05, 4.69) is 35.5 Å². The zero-order valence-corrected chi connectivity index (χ0v) is 18.3. The fraction of sp³-hybridized carbons (Fsp3) is 0.160. The van der Waals surface area contributed by atoms with Gasteiger partial charge in [-0.25, -0.2) is 4.98 Å². The van der Waals surface area contributed by atoms with Crippen molar-refractivity contribution in [3.63, 3.8) is 0 Å². The van der Waals surface area contributed by atoms with Crippen molar-refractivity contribution in [1.82, 2.24) is 10.3 Å². The molecule has 1 heterocycles. The Kier molecular flexibility index (Phi) is 6.09. The van der Waals surface area contributed by atoms with Crippen LogP contribution in [-0.2, 0) is 17.6 Å². The van der Waals surface area contributed by atoms with Gasteiger partial charge in [-0.15, -0.1) is 0 Å². The molecular formula is C25H23N3O2S. The summed E-state index contributed by atoms with van der Waals surface area (Å²) in [5.74, 6) is 0.533. The minimum Gasteiger partial charge on any atom is -0.440 e. The van der Waals surface area contributed by atoms with Gasteiger partial charge in [-0.3, -0.25) is 4.79 Å². The number of benzene rings is 3. The molecule has 0 radical (unpaired) electrons. The minimum atomic E-state index is -0.151. The molecule has 156 valence electrons. The standard InChI is InChI=1S/C25H23N3O2S/c1-16-12-21-22(13-17(16)2)30-24(27-21)15-19-8-10-20(11-9-19)26-25(31)28-23(29)14-18-6-4-3-5-7-18/h3-13H,14-15H2,1-2H3,(H2,26,28,29,31). The number of oxazole rings is 1. The van der Waals surface area contributed by atoms with Gasteiger partial charge in [-0.05, 0) is 72.6 Å². The average Bonchev–Trinajstić information content (AvgIpc) is 3.11. The van der Waals surface area contributed by atoms with Crippen LogP contribution in [-0.4, -0.2) is 16.0 Å². The van der Waals surface area contributed by atoms with Gasteiger partial charge in [-0.2, -0.15) is 0 Å². The number of hydrogen-bond donors (Lipinski definition) is 2. The van der Waals surface area contributed by atoms with Crippen LogP contribution in [0.3, 0.4) is 0 Å². The second kappa shape index (κ2) is 9.10. The number of nitrogens with one attached hydrogen (secondary N) is 2. The summed E-state index contributed by atoms with van der Waals surface area (Å²) >= 11 is 5.26. The lowest BCUT2D eigenvalue weighted by atomic mass is 10.1. The third-order valence-electron chi connectivity index (χ3n) is 5.08. The topological polar surface area (TPSA) is 67.2 Å². The molecule has 4 aromatic rings. The number of nitrogens with zero attached hydrogens (tertiary/aromatic N) is 1. The molecule has 1 amide bonds. The monoisotopic (exact) mass is 429 g/mol. The summed E-state index contributed by atoms with van der Waals surface area (Å²) in [5.41, 5.74) is 6.91. The molecule has 0 unspecified atom stereocenters. The highest BCUT2D eigenvalue weighted by Gasteiger charge is 2.09. The quantitative estimate of drug-likeness (QED) is 0.433. The maximum atomic E-state index is 12.1. The highest BCUT2D eigenvalue weighted by molar-refractivity contribution is 7.80. The van der Waals surface area contributed by atoms with Crippen LogP contribution in [0.25, 0.3) is 11.1 Å². The van der Waals surface area contributed by atoms with E-state index in [1.54, 1.807) is 0 Å². The zero-order chi connectivity index (χ0) is 21.8. The highest BCUT2D eigenvalue weighted by atomic mass is 32.1. The number of carbonyl (C=O) groups excluding carboxylic acids is 1. The fourth-order valence-electron chi connectivity index (χ4n) is 3.30. The third kappa shape index (κ3) is 5.35. The summed E-state index contributed by atoms with van der Waals surface area (Å²) < 4.78 is 5.90. The van der Waals surface area contributed by atoms with Gasteiger partial charge < -0.3 is 15.1 Å². The van der Waals surface area contributed by atoms with Crippen LogP contribution < -0.4 is 10.6 Å². The summed E-state index contributed by atoms with van der Waals surface area (Å²) in [5, 5.41) is 6.03. The van der Waals surface area contributed by atoms with Gasteiger partial charge >= 0.3 is 0 Å². The molecular weight excluding hydrogens is 406 g/mol. The molecule has 4 rings (SSSR count). The number of fused-ring (bicyclic) bond motifs is 1. The molecule has 1 aromatic heterocycles. The number of thiocarbonyl (C=S) groups is 1. The third-order valence-corrected chi connectivity index (χ3v) is 5.28. The molecule has 0 spiro atoms. The molecule has 0 saturated heterocycles. The Morgan fingerprint density at radius 3 is 2.42 bits per heavy atom. The zero-order valence-electron chi connectivity index (χ0n) is 17.4. The average molecular weight is 430 g/mol. The van der Waals surface area contributed by atoms with Crippen molar-refractivity contribution in [3.05, 3.63) is 94.9 Å². The Balaban J connectivity index is 1.33. The first-order valence-corrected chi connectivity index (χ1v) is 10.5. The van der Waals surface area contributed by atoms with Crippen molar-refractivity contribution < 1.29 is 9.21 Å². The van der Waals surface area contributed by atoms with Crippen molar-refractivity contribution in [2.24, 2.45) is 0 Å². The molecule has 5 nitrogen and oxygen atoms in total. The molecule has 0 aliphatic rings. The van der Waals surface area contributed by atoms with Crippen LogP contribution >= 0.6 is 12.2 Å². The van der Waals surface area contributed by atoms with Crippen molar-refractivity contribution in [2.75, 3.05) is 5.32 Å². The lowest BCUT2D eigenvalue weighted by Gasteiger charge is -2.10. The largest absolute Gasteiger partial charge is 0.440 e. The lowest BCUT2D eigenvalue weighted by Crippen LogP contribution is -2.35. The van der Waals surface area contributed by atoms with Gasteiger partial charge in [0.1, 0.15) is 5.52 Å². The van der Waals surface area contributed by atoms with E-state index < -0.39 is 0 Å². The highest BCUT2D eigenvalue weighted by Crippen LogP contribution is 2.22. The van der Waals surface area contributed by atoms with Gasteiger partial charge in [0.2, 0.25) is 5.91 Å². The molecule has 3 aromatic carbocycles. The van der Waals surface area contributed by atoms with E-state index in [1.807, 2.05) is 60.7 Å². The molecule has 0 fully saturated rings. The predicted octanol–water partition coefficient (Wildman–Crippen LogP) is 5.09. The van der Waals surface area contributed by atoms with Crippen LogP contribution in [0, 0.1) is 13.8 Å². The Morgan fingerprint density at radius 2 is 1.68 bits per heavy atom. The van der Waals surface area contributed by atoms with Crippen LogP contribution in [0.5, 0.6) is 0 Å². The van der Waals surface area contributed by atoms with E-state index in [0.29, 0.717) is 12.3 Å². The first kappa shape index (κ1) is 20.8. The van der Waals surface area contributed by atoms with Crippen molar-refractivity contribution in [1.29, 1.82) is 0 Å². The Morgan fingerprint density at radius 1 is 0.968 bits per heavy atom. The smallest absolute Gasteiger partial charge is 0.230 e. The number of anilines is 1.